The van der Waals surface area contributed by atoms with Gasteiger partial charge < -0.3 is 15.1 Å². The molecule has 2 amide bonds. The molecule has 0 spiro atoms. The highest BCUT2D eigenvalue weighted by Crippen LogP contribution is 2.37. The summed E-state index contributed by atoms with van der Waals surface area (Å²) in [7, 11) is 0. The van der Waals surface area contributed by atoms with E-state index in [-0.39, 0.29) is 23.8 Å². The van der Waals surface area contributed by atoms with Crippen LogP contribution in [-0.2, 0) is 22.6 Å². The number of hydrogen-bond acceptors (Lipinski definition) is 6. The molecule has 8 heteroatoms. The second-order valence-electron chi connectivity index (χ2n) is 9.76. The largest absolute Gasteiger partial charge is 0.460 e. The third-order valence-corrected chi connectivity index (χ3v) is 8.05. The van der Waals surface area contributed by atoms with Gasteiger partial charge in [0.15, 0.2) is 5.13 Å². The van der Waals surface area contributed by atoms with Crippen LogP contribution in [0.5, 0.6) is 0 Å². The lowest BCUT2D eigenvalue weighted by Gasteiger charge is -2.23. The zero-order valence-corrected chi connectivity index (χ0v) is 21.2. The van der Waals surface area contributed by atoms with E-state index in [9.17, 15) is 9.59 Å². The lowest BCUT2D eigenvalue weighted by Crippen LogP contribution is -2.40. The van der Waals surface area contributed by atoms with Crippen molar-refractivity contribution in [2.45, 2.75) is 76.8 Å². The third kappa shape index (κ3) is 5.76. The molecule has 0 saturated carbocycles. The van der Waals surface area contributed by atoms with E-state index < -0.39 is 0 Å². The number of nitrogens with zero attached hydrogens (tertiary/aromatic N) is 2. The highest BCUT2D eigenvalue weighted by molar-refractivity contribution is 7.15. The number of anilines is 1. The molecule has 7 nitrogen and oxygen atoms in total. The molecule has 1 saturated heterocycles. The van der Waals surface area contributed by atoms with Crippen molar-refractivity contribution in [3.05, 3.63) is 46.7 Å². The van der Waals surface area contributed by atoms with Gasteiger partial charge in [0, 0.05) is 35.8 Å². The fourth-order valence-corrected chi connectivity index (χ4v) is 6.26. The molecule has 1 aromatic carbocycles. The summed E-state index contributed by atoms with van der Waals surface area (Å²) in [5.41, 5.74) is 1.78. The van der Waals surface area contributed by atoms with Gasteiger partial charge in [-0.05, 0) is 44.2 Å². The molecule has 5 rings (SSSR count). The van der Waals surface area contributed by atoms with Crippen LogP contribution < -0.4 is 10.6 Å². The van der Waals surface area contributed by atoms with Crippen molar-refractivity contribution in [1.82, 2.24) is 15.2 Å². The Bertz CT molecular complexity index is 1150. The number of rotatable bonds is 9. The van der Waals surface area contributed by atoms with Crippen LogP contribution in [0, 0.1) is 0 Å². The molecular weight excluding hydrogens is 460 g/mol. The molecule has 2 unspecified atom stereocenters. The molecular formula is C27H34N4O3S. The van der Waals surface area contributed by atoms with Crippen LogP contribution >= 0.6 is 11.3 Å². The maximum absolute atomic E-state index is 13.2. The van der Waals surface area contributed by atoms with Crippen LogP contribution in [0.25, 0.3) is 11.0 Å². The number of aryl methyl sites for hydroxylation is 1. The highest BCUT2D eigenvalue weighted by Gasteiger charge is 2.33. The number of unbranched alkanes of at least 4 members (excludes halogenated alkanes) is 2. The number of para-hydroxylation sites is 1. The molecule has 3 heterocycles. The summed E-state index contributed by atoms with van der Waals surface area (Å²) in [5, 5.41) is 7.99. The summed E-state index contributed by atoms with van der Waals surface area (Å²) >= 11 is 1.53. The second kappa shape index (κ2) is 10.9. The van der Waals surface area contributed by atoms with E-state index in [1.54, 1.807) is 0 Å². The average Bonchev–Trinajstić information content (AvgIpc) is 3.56. The van der Waals surface area contributed by atoms with Crippen molar-refractivity contribution in [2.24, 2.45) is 0 Å². The average molecular weight is 495 g/mol. The number of fused-ring (bicyclic) bond motifs is 2. The van der Waals surface area contributed by atoms with E-state index in [1.807, 2.05) is 18.2 Å². The van der Waals surface area contributed by atoms with Crippen molar-refractivity contribution in [2.75, 3.05) is 18.4 Å². The number of nitrogens with one attached hydrogen (secondary N) is 2. The van der Waals surface area contributed by atoms with Crippen molar-refractivity contribution >= 4 is 39.3 Å². The fraction of sp³-hybridized carbons (Fsp3) is 0.519. The number of amides is 2. The lowest BCUT2D eigenvalue weighted by molar-refractivity contribution is -0.123. The summed E-state index contributed by atoms with van der Waals surface area (Å²) in [6, 6.07) is 10.3. The van der Waals surface area contributed by atoms with Gasteiger partial charge in [0.1, 0.15) is 11.3 Å². The predicted molar refractivity (Wildman–Crippen MR) is 139 cm³/mol. The topological polar surface area (TPSA) is 87.5 Å². The number of benzene rings is 1. The van der Waals surface area contributed by atoms with E-state index >= 15 is 0 Å². The van der Waals surface area contributed by atoms with Crippen LogP contribution in [0.4, 0.5) is 5.13 Å². The minimum Gasteiger partial charge on any atom is -0.460 e. The Hall–Kier alpha value is -2.71. The van der Waals surface area contributed by atoms with Gasteiger partial charge in [-0.25, -0.2) is 4.98 Å². The molecule has 2 aromatic heterocycles. The van der Waals surface area contributed by atoms with Gasteiger partial charge in [0.25, 0.3) is 0 Å². The number of hydrogen-bond donors (Lipinski definition) is 2. The third-order valence-electron chi connectivity index (χ3n) is 7.00. The normalized spacial score (nSPS) is 20.1. The monoisotopic (exact) mass is 494 g/mol. The first-order valence-electron chi connectivity index (χ1n) is 12.9. The zero-order valence-electron chi connectivity index (χ0n) is 20.3. The van der Waals surface area contributed by atoms with Crippen molar-refractivity contribution in [1.29, 1.82) is 0 Å². The summed E-state index contributed by atoms with van der Waals surface area (Å²) in [4.78, 5) is 33.6. The van der Waals surface area contributed by atoms with Crippen LogP contribution in [0.3, 0.4) is 0 Å². The van der Waals surface area contributed by atoms with Crippen LogP contribution in [0.15, 0.2) is 34.7 Å². The summed E-state index contributed by atoms with van der Waals surface area (Å²) < 4.78 is 5.97. The van der Waals surface area contributed by atoms with E-state index in [2.05, 4.69) is 34.6 Å². The van der Waals surface area contributed by atoms with E-state index in [4.69, 9.17) is 9.40 Å². The number of aromatic nitrogens is 1. The minimum absolute atomic E-state index is 0.0149. The Labute approximate surface area is 210 Å². The maximum Gasteiger partial charge on any atom is 0.229 e. The van der Waals surface area contributed by atoms with Crippen molar-refractivity contribution in [3.63, 3.8) is 0 Å². The molecule has 1 aliphatic carbocycles. The Morgan fingerprint density at radius 3 is 2.97 bits per heavy atom. The molecule has 35 heavy (non-hydrogen) atoms. The van der Waals surface area contributed by atoms with E-state index in [0.29, 0.717) is 11.6 Å². The number of furan rings is 1. The number of likely N-dealkylation sites (tertiary alicyclic amines) is 1. The summed E-state index contributed by atoms with van der Waals surface area (Å²) in [5.74, 6) is 0.806. The van der Waals surface area contributed by atoms with Gasteiger partial charge in [-0.1, -0.05) is 38.0 Å². The number of carbonyl (C=O) groups excluding carboxylic acids is 2. The molecule has 0 radical (unpaired) electrons. The van der Waals surface area contributed by atoms with Crippen LogP contribution in [-0.4, -0.2) is 40.8 Å². The SMILES string of the molecule is CCCCCC(=O)Nc1nc2c(s1)CCCC2C(=O)NC1CCN(Cc2cc3ccccc3o2)C1. The number of thiazole rings is 1. The fourth-order valence-electron chi connectivity index (χ4n) is 5.18. The van der Waals surface area contributed by atoms with E-state index in [0.717, 1.165) is 91.9 Å². The van der Waals surface area contributed by atoms with Crippen LogP contribution in [0.1, 0.15) is 74.1 Å². The molecule has 1 aliphatic heterocycles. The Kier molecular flexibility index (Phi) is 7.48. The Morgan fingerprint density at radius 2 is 2.11 bits per heavy atom. The summed E-state index contributed by atoms with van der Waals surface area (Å²) in [6.07, 6.45) is 7.21. The van der Waals surface area contributed by atoms with Crippen molar-refractivity contribution < 1.29 is 14.0 Å². The van der Waals surface area contributed by atoms with Gasteiger partial charge in [-0.2, -0.15) is 0 Å². The Morgan fingerprint density at radius 1 is 1.23 bits per heavy atom. The van der Waals surface area contributed by atoms with Gasteiger partial charge >= 0.3 is 0 Å². The van der Waals surface area contributed by atoms with Gasteiger partial charge in [-0.3, -0.25) is 14.5 Å². The Balaban J connectivity index is 1.15. The van der Waals surface area contributed by atoms with Gasteiger partial charge in [0.2, 0.25) is 11.8 Å². The van der Waals surface area contributed by atoms with Gasteiger partial charge in [-0.15, -0.1) is 11.3 Å². The quantitative estimate of drug-likeness (QED) is 0.398. The van der Waals surface area contributed by atoms with Crippen LogP contribution in [0.2, 0.25) is 0 Å². The molecule has 3 aromatic rings. The zero-order chi connectivity index (χ0) is 24.2. The maximum atomic E-state index is 13.2. The van der Waals surface area contributed by atoms with E-state index in [1.165, 1.54) is 11.3 Å². The smallest absolute Gasteiger partial charge is 0.229 e. The molecule has 2 atom stereocenters. The first-order valence-corrected chi connectivity index (χ1v) is 13.7. The molecule has 2 N–H and O–H groups in total. The molecule has 1 fully saturated rings. The highest BCUT2D eigenvalue weighted by atomic mass is 32.1. The standard InChI is InChI=1S/C27H34N4O3S/c1-2-3-4-12-24(32)29-27-30-25-21(9-7-11-23(25)35-27)26(33)28-19-13-14-31(16-19)17-20-15-18-8-5-6-10-22(18)34-20/h5-6,8,10,15,19,21H,2-4,7,9,11-14,16-17H2,1H3,(H,28,33)(H,29,30,32). The molecule has 186 valence electrons. The van der Waals surface area contributed by atoms with Crippen molar-refractivity contribution in [3.8, 4) is 0 Å². The minimum atomic E-state index is -0.231. The molecule has 0 bridgehead atoms. The number of carbonyl (C=O) groups is 2. The first-order chi connectivity index (χ1) is 17.1. The van der Waals surface area contributed by atoms with Gasteiger partial charge in [0.05, 0.1) is 18.2 Å². The summed E-state index contributed by atoms with van der Waals surface area (Å²) in [6.45, 7) is 4.63. The first kappa shape index (κ1) is 24.0. The second-order valence-corrected chi connectivity index (χ2v) is 10.8. The lowest BCUT2D eigenvalue weighted by atomic mass is 9.90. The molecule has 2 aliphatic rings. The predicted octanol–water partition coefficient (Wildman–Crippen LogP) is 5.22.